The number of carboxylic acid groups (broad SMARTS) is 1. The molecule has 0 aliphatic carbocycles. The molecule has 1 aliphatic rings. The minimum absolute atomic E-state index is 0.188. The standard InChI is InChI=1S/C13H16N2O5/c1-2-20-13(18)8-3-4-11(14-5-8)15-10-7-19-6-9(10)12(16)17/h3-5,9-10H,2,6-7H2,1H3,(H,14,15)(H,16,17). The molecule has 7 nitrogen and oxygen atoms in total. The quantitative estimate of drug-likeness (QED) is 0.769. The molecule has 1 aromatic heterocycles. The summed E-state index contributed by atoms with van der Waals surface area (Å²) in [6.45, 7) is 2.54. The summed E-state index contributed by atoms with van der Waals surface area (Å²) >= 11 is 0. The SMILES string of the molecule is CCOC(=O)c1ccc(NC2COCC2C(=O)O)nc1. The fourth-order valence-corrected chi connectivity index (χ4v) is 1.94. The molecular weight excluding hydrogens is 264 g/mol. The van der Waals surface area contributed by atoms with Crippen LogP contribution in [0.3, 0.4) is 0 Å². The van der Waals surface area contributed by atoms with Crippen LogP contribution < -0.4 is 5.32 Å². The second-order valence-electron chi connectivity index (χ2n) is 4.39. The molecule has 1 aliphatic heterocycles. The number of aliphatic carboxylic acids is 1. The van der Waals surface area contributed by atoms with E-state index in [9.17, 15) is 9.59 Å². The van der Waals surface area contributed by atoms with E-state index in [0.717, 1.165) is 0 Å². The van der Waals surface area contributed by atoms with Gasteiger partial charge in [0, 0.05) is 6.20 Å². The molecule has 0 saturated carbocycles. The Labute approximate surface area is 115 Å². The average molecular weight is 280 g/mol. The number of carbonyl (C=O) groups excluding carboxylic acids is 1. The van der Waals surface area contributed by atoms with E-state index in [1.165, 1.54) is 6.20 Å². The van der Waals surface area contributed by atoms with Crippen LogP contribution in [0.2, 0.25) is 0 Å². The molecule has 1 aromatic rings. The van der Waals surface area contributed by atoms with Gasteiger partial charge in [0.05, 0.1) is 31.4 Å². The molecule has 2 rings (SSSR count). The Morgan fingerprint density at radius 3 is 2.90 bits per heavy atom. The Morgan fingerprint density at radius 1 is 1.50 bits per heavy atom. The van der Waals surface area contributed by atoms with Gasteiger partial charge in [-0.15, -0.1) is 0 Å². The zero-order chi connectivity index (χ0) is 14.5. The molecule has 2 N–H and O–H groups in total. The van der Waals surface area contributed by atoms with Crippen LogP contribution in [-0.2, 0) is 14.3 Å². The van der Waals surface area contributed by atoms with E-state index >= 15 is 0 Å². The summed E-state index contributed by atoms with van der Waals surface area (Å²) in [5.74, 6) is -1.43. The Bertz CT molecular complexity index is 488. The van der Waals surface area contributed by atoms with Gasteiger partial charge in [-0.25, -0.2) is 9.78 Å². The Hall–Kier alpha value is -2.15. The van der Waals surface area contributed by atoms with Crippen molar-refractivity contribution in [2.24, 2.45) is 5.92 Å². The number of aromatic nitrogens is 1. The van der Waals surface area contributed by atoms with E-state index in [4.69, 9.17) is 14.6 Å². The highest BCUT2D eigenvalue weighted by Gasteiger charge is 2.34. The maximum absolute atomic E-state index is 11.5. The van der Waals surface area contributed by atoms with Gasteiger partial charge in [-0.05, 0) is 19.1 Å². The van der Waals surface area contributed by atoms with E-state index in [0.29, 0.717) is 24.6 Å². The van der Waals surface area contributed by atoms with Crippen molar-refractivity contribution in [1.82, 2.24) is 4.98 Å². The van der Waals surface area contributed by atoms with Crippen LogP contribution in [0.4, 0.5) is 5.82 Å². The molecule has 7 heteroatoms. The topological polar surface area (TPSA) is 97.8 Å². The molecule has 2 unspecified atom stereocenters. The third-order valence-corrected chi connectivity index (χ3v) is 3.01. The Balaban J connectivity index is 2.00. The van der Waals surface area contributed by atoms with Crippen molar-refractivity contribution < 1.29 is 24.2 Å². The molecule has 0 amide bonds. The maximum atomic E-state index is 11.5. The van der Waals surface area contributed by atoms with E-state index in [1.807, 2.05) is 0 Å². The highest BCUT2D eigenvalue weighted by atomic mass is 16.5. The summed E-state index contributed by atoms with van der Waals surface area (Å²) in [7, 11) is 0. The molecule has 0 spiro atoms. The summed E-state index contributed by atoms with van der Waals surface area (Å²) in [4.78, 5) is 26.6. The van der Waals surface area contributed by atoms with Gasteiger partial charge in [0.2, 0.25) is 0 Å². The first-order valence-corrected chi connectivity index (χ1v) is 6.32. The van der Waals surface area contributed by atoms with Gasteiger partial charge in [0.25, 0.3) is 0 Å². The van der Waals surface area contributed by atoms with Crippen molar-refractivity contribution in [2.75, 3.05) is 25.1 Å². The number of hydrogen-bond acceptors (Lipinski definition) is 6. The second kappa shape index (κ2) is 6.33. The number of rotatable bonds is 5. The molecule has 2 heterocycles. The van der Waals surface area contributed by atoms with Crippen LogP contribution in [0.25, 0.3) is 0 Å². The molecule has 20 heavy (non-hydrogen) atoms. The number of carboxylic acids is 1. The summed E-state index contributed by atoms with van der Waals surface area (Å²) in [6.07, 6.45) is 1.39. The number of carbonyl (C=O) groups is 2. The number of nitrogens with one attached hydrogen (secondary N) is 1. The van der Waals surface area contributed by atoms with Crippen LogP contribution in [-0.4, -0.2) is 47.9 Å². The molecule has 1 saturated heterocycles. The zero-order valence-corrected chi connectivity index (χ0v) is 11.0. The largest absolute Gasteiger partial charge is 0.481 e. The summed E-state index contributed by atoms with van der Waals surface area (Å²) in [5.41, 5.74) is 0.356. The zero-order valence-electron chi connectivity index (χ0n) is 11.0. The Kier molecular flexibility index (Phi) is 4.52. The first kappa shape index (κ1) is 14.3. The van der Waals surface area contributed by atoms with Gasteiger partial charge in [0.1, 0.15) is 11.7 Å². The fraction of sp³-hybridized carbons (Fsp3) is 0.462. The molecule has 1 fully saturated rings. The predicted octanol–water partition coefficient (Wildman–Crippen LogP) is 0.770. The van der Waals surface area contributed by atoms with Crippen molar-refractivity contribution in [2.45, 2.75) is 13.0 Å². The Morgan fingerprint density at radius 2 is 2.30 bits per heavy atom. The van der Waals surface area contributed by atoms with Gasteiger partial charge < -0.3 is 19.9 Å². The molecule has 0 bridgehead atoms. The number of ether oxygens (including phenoxy) is 2. The van der Waals surface area contributed by atoms with E-state index in [2.05, 4.69) is 10.3 Å². The normalized spacial score (nSPS) is 21.4. The van der Waals surface area contributed by atoms with Gasteiger partial charge in [-0.3, -0.25) is 4.79 Å². The molecular formula is C13H16N2O5. The van der Waals surface area contributed by atoms with E-state index in [-0.39, 0.29) is 12.6 Å². The van der Waals surface area contributed by atoms with Gasteiger partial charge in [0.15, 0.2) is 0 Å². The van der Waals surface area contributed by atoms with Crippen LogP contribution in [0.15, 0.2) is 18.3 Å². The second-order valence-corrected chi connectivity index (χ2v) is 4.39. The fourth-order valence-electron chi connectivity index (χ4n) is 1.94. The first-order chi connectivity index (χ1) is 9.61. The number of hydrogen-bond donors (Lipinski definition) is 2. The summed E-state index contributed by atoms with van der Waals surface area (Å²) in [6, 6.07) is 2.87. The maximum Gasteiger partial charge on any atom is 0.339 e. The van der Waals surface area contributed by atoms with E-state index < -0.39 is 17.9 Å². The lowest BCUT2D eigenvalue weighted by Crippen LogP contribution is -2.33. The van der Waals surface area contributed by atoms with Gasteiger partial charge in [-0.2, -0.15) is 0 Å². The number of anilines is 1. The minimum Gasteiger partial charge on any atom is -0.481 e. The lowest BCUT2D eigenvalue weighted by atomic mass is 10.0. The molecule has 0 aromatic carbocycles. The monoisotopic (exact) mass is 280 g/mol. The summed E-state index contributed by atoms with van der Waals surface area (Å²) < 4.78 is 10.0. The molecule has 2 atom stereocenters. The lowest BCUT2D eigenvalue weighted by Gasteiger charge is -2.16. The third kappa shape index (κ3) is 3.24. The van der Waals surface area contributed by atoms with E-state index in [1.54, 1.807) is 19.1 Å². The van der Waals surface area contributed by atoms with Gasteiger partial charge >= 0.3 is 11.9 Å². The highest BCUT2D eigenvalue weighted by molar-refractivity contribution is 5.89. The minimum atomic E-state index is -0.900. The number of esters is 1. The summed E-state index contributed by atoms with van der Waals surface area (Å²) in [5, 5.41) is 12.0. The number of nitrogens with zero attached hydrogens (tertiary/aromatic N) is 1. The lowest BCUT2D eigenvalue weighted by molar-refractivity contribution is -0.141. The molecule has 108 valence electrons. The van der Waals surface area contributed by atoms with Crippen molar-refractivity contribution in [1.29, 1.82) is 0 Å². The molecule has 0 radical (unpaired) electrons. The van der Waals surface area contributed by atoms with Crippen molar-refractivity contribution in [3.63, 3.8) is 0 Å². The first-order valence-electron chi connectivity index (χ1n) is 6.32. The van der Waals surface area contributed by atoms with Crippen molar-refractivity contribution >= 4 is 17.8 Å². The third-order valence-electron chi connectivity index (χ3n) is 3.01. The van der Waals surface area contributed by atoms with Crippen LogP contribution in [0, 0.1) is 5.92 Å². The average Bonchev–Trinajstić information content (AvgIpc) is 2.88. The van der Waals surface area contributed by atoms with Gasteiger partial charge in [-0.1, -0.05) is 0 Å². The smallest absolute Gasteiger partial charge is 0.339 e. The predicted molar refractivity (Wildman–Crippen MR) is 69.5 cm³/mol. The van der Waals surface area contributed by atoms with Crippen LogP contribution in [0.5, 0.6) is 0 Å². The number of pyridine rings is 1. The highest BCUT2D eigenvalue weighted by Crippen LogP contribution is 2.18. The van der Waals surface area contributed by atoms with Crippen LogP contribution in [0.1, 0.15) is 17.3 Å². The van der Waals surface area contributed by atoms with Crippen molar-refractivity contribution in [3.05, 3.63) is 23.9 Å². The van der Waals surface area contributed by atoms with Crippen LogP contribution >= 0.6 is 0 Å². The van der Waals surface area contributed by atoms with Crippen molar-refractivity contribution in [3.8, 4) is 0 Å².